The number of alkyl carbamates (subject to hydrolysis) is 1. The van der Waals surface area contributed by atoms with Gasteiger partial charge in [-0.1, -0.05) is 40.5 Å². The fraction of sp³-hybridized carbons (Fsp3) is 0.812. The van der Waals surface area contributed by atoms with E-state index in [0.717, 1.165) is 0 Å². The molecule has 3 heterocycles. The molecule has 0 saturated carbocycles. The molecule has 3 rings (SSSR count). The van der Waals surface area contributed by atoms with E-state index in [-0.39, 0.29) is 31.0 Å². The Kier molecular flexibility index (Phi) is 12.0. The molecule has 12 nitrogen and oxygen atoms in total. The summed E-state index contributed by atoms with van der Waals surface area (Å²) in [5.41, 5.74) is -1.37. The molecule has 2 N–H and O–H groups in total. The summed E-state index contributed by atoms with van der Waals surface area (Å²) in [6.45, 7) is 12.0. The van der Waals surface area contributed by atoms with Crippen molar-refractivity contribution >= 4 is 23.6 Å². The van der Waals surface area contributed by atoms with Crippen LogP contribution in [0.15, 0.2) is 0 Å². The molecular weight excluding hydrogens is 572 g/mol. The van der Waals surface area contributed by atoms with Crippen LogP contribution in [0.1, 0.15) is 67.7 Å². The molecule has 0 aromatic carbocycles. The number of esters is 1. The molecule has 0 aliphatic carbocycles. The summed E-state index contributed by atoms with van der Waals surface area (Å²) in [5, 5.41) is 14.0. The number of terminal acetylenes is 1. The van der Waals surface area contributed by atoms with Crippen LogP contribution in [0.3, 0.4) is 0 Å². The van der Waals surface area contributed by atoms with Crippen LogP contribution >= 0.6 is 0 Å². The number of nitrogens with one attached hydrogen (secondary N) is 1. The summed E-state index contributed by atoms with van der Waals surface area (Å²) in [6.07, 6.45) is 0.0373. The molecule has 3 fully saturated rings. The molecule has 0 aromatic rings. The van der Waals surface area contributed by atoms with Crippen molar-refractivity contribution in [3.8, 4) is 12.3 Å². The van der Waals surface area contributed by atoms with Crippen LogP contribution in [0.25, 0.3) is 0 Å². The van der Waals surface area contributed by atoms with Gasteiger partial charge in [0.15, 0.2) is 11.9 Å². The summed E-state index contributed by atoms with van der Waals surface area (Å²) < 4.78 is 30.0. The minimum absolute atomic E-state index is 0.108. The van der Waals surface area contributed by atoms with Crippen LogP contribution in [0.4, 0.5) is 4.79 Å². The number of amides is 1. The molecule has 0 radical (unpaired) electrons. The van der Waals surface area contributed by atoms with E-state index in [9.17, 15) is 24.3 Å². The van der Waals surface area contributed by atoms with Crippen LogP contribution in [0.2, 0.25) is 0 Å². The van der Waals surface area contributed by atoms with E-state index in [4.69, 9.17) is 30.1 Å². The molecule has 13 atom stereocenters. The molecule has 12 heteroatoms. The highest BCUT2D eigenvalue weighted by molar-refractivity contribution is 5.97. The Morgan fingerprint density at radius 2 is 1.73 bits per heavy atom. The summed E-state index contributed by atoms with van der Waals surface area (Å²) in [4.78, 5) is 55.3. The number of hydrogen-bond donors (Lipinski definition) is 2. The highest BCUT2D eigenvalue weighted by Gasteiger charge is 2.56. The maximum atomic E-state index is 14.1. The molecule has 44 heavy (non-hydrogen) atoms. The van der Waals surface area contributed by atoms with Crippen molar-refractivity contribution in [3.63, 3.8) is 0 Å². The van der Waals surface area contributed by atoms with Gasteiger partial charge < -0.3 is 39.0 Å². The molecule has 3 saturated heterocycles. The quantitative estimate of drug-likeness (QED) is 0.255. The fourth-order valence-corrected chi connectivity index (χ4v) is 7.07. The molecule has 1 unspecified atom stereocenters. The number of hydrogen-bond acceptors (Lipinski definition) is 11. The lowest BCUT2D eigenvalue weighted by Crippen LogP contribution is -2.58. The predicted molar refractivity (Wildman–Crippen MR) is 159 cm³/mol. The van der Waals surface area contributed by atoms with Crippen LogP contribution in [-0.2, 0) is 38.1 Å². The second kappa shape index (κ2) is 14.7. The smallest absolute Gasteiger partial charge is 0.408 e. The van der Waals surface area contributed by atoms with Gasteiger partial charge in [0.2, 0.25) is 0 Å². The van der Waals surface area contributed by atoms with Crippen molar-refractivity contribution in [2.45, 2.75) is 122 Å². The van der Waals surface area contributed by atoms with Crippen LogP contribution in [0.5, 0.6) is 0 Å². The number of nitrogens with zero attached hydrogens (tertiary/aromatic N) is 1. The van der Waals surface area contributed by atoms with Gasteiger partial charge in [-0.15, -0.1) is 6.42 Å². The number of Topliss-reactive ketones (excluding diaryl/α,β-unsaturated/α-hetero) is 2. The lowest BCUT2D eigenvalue weighted by molar-refractivity contribution is -0.281. The highest BCUT2D eigenvalue weighted by Crippen LogP contribution is 2.38. The number of cyclic esters (lactones) is 1. The SMILES string of the molecule is C#CCO[C@@H]1[C@@H](C)[C@H](O[C@@H]2O[C@H](C)C[C@H](N(C)C)[C@H]2O)[C@@H](C)C(=O)CC(=O)O[C@@H](CC)[C@@]2(C)OC(=O)NC2[C@H](C)C(=O)[C@@H]1C. The van der Waals surface area contributed by atoms with Gasteiger partial charge in [-0.3, -0.25) is 14.4 Å². The zero-order chi connectivity index (χ0) is 33.1. The van der Waals surface area contributed by atoms with Gasteiger partial charge in [0.1, 0.15) is 36.8 Å². The molecule has 3 aliphatic rings. The first-order chi connectivity index (χ1) is 20.6. The van der Waals surface area contributed by atoms with Crippen molar-refractivity contribution in [1.82, 2.24) is 10.2 Å². The number of carbonyl (C=O) groups is 4. The molecule has 0 aromatic heterocycles. The monoisotopic (exact) mass is 622 g/mol. The maximum absolute atomic E-state index is 14.1. The van der Waals surface area contributed by atoms with Crippen molar-refractivity contribution in [3.05, 3.63) is 0 Å². The lowest BCUT2D eigenvalue weighted by Gasteiger charge is -2.45. The fourth-order valence-electron chi connectivity index (χ4n) is 7.07. The first-order valence-electron chi connectivity index (χ1n) is 15.5. The van der Waals surface area contributed by atoms with Crippen molar-refractivity contribution < 1.29 is 48.0 Å². The minimum atomic E-state index is -1.37. The van der Waals surface area contributed by atoms with Crippen LogP contribution in [-0.4, -0.2) is 109 Å². The van der Waals surface area contributed by atoms with Gasteiger partial charge in [-0.05, 0) is 40.8 Å². The number of likely N-dealkylation sites (N-methyl/N-ethyl adjacent to an activating group) is 1. The molecule has 0 bridgehead atoms. The number of carbonyl (C=O) groups excluding carboxylic acids is 4. The lowest BCUT2D eigenvalue weighted by atomic mass is 9.74. The van der Waals surface area contributed by atoms with Crippen molar-refractivity contribution in [1.29, 1.82) is 0 Å². The number of aliphatic hydroxyl groups excluding tert-OH is 1. The van der Waals surface area contributed by atoms with Gasteiger partial charge in [0.25, 0.3) is 0 Å². The number of aliphatic hydroxyl groups is 1. The highest BCUT2D eigenvalue weighted by atomic mass is 16.7. The third kappa shape index (κ3) is 7.45. The average Bonchev–Trinajstić information content (AvgIpc) is 3.28. The number of rotatable bonds is 6. The van der Waals surface area contributed by atoms with E-state index in [1.165, 1.54) is 0 Å². The Bertz CT molecular complexity index is 1110. The number of ketones is 2. The molecule has 1 amide bonds. The number of fused-ring (bicyclic) bond motifs is 1. The van der Waals surface area contributed by atoms with Gasteiger partial charge in [-0.2, -0.15) is 0 Å². The average molecular weight is 623 g/mol. The first kappa shape index (κ1) is 35.9. The Morgan fingerprint density at radius 3 is 2.32 bits per heavy atom. The van der Waals surface area contributed by atoms with Crippen LogP contribution < -0.4 is 5.32 Å². The first-order valence-corrected chi connectivity index (χ1v) is 15.5. The Labute approximate surface area is 260 Å². The largest absolute Gasteiger partial charge is 0.458 e. The topological polar surface area (TPSA) is 150 Å². The van der Waals surface area contributed by atoms with E-state index in [2.05, 4.69) is 11.2 Å². The van der Waals surface area contributed by atoms with Gasteiger partial charge in [0, 0.05) is 29.7 Å². The third-order valence-corrected chi connectivity index (χ3v) is 9.66. The zero-order valence-electron chi connectivity index (χ0n) is 27.4. The molecule has 0 spiro atoms. The van der Waals surface area contributed by atoms with Gasteiger partial charge in [0.05, 0.1) is 24.4 Å². The summed E-state index contributed by atoms with van der Waals surface area (Å²) in [7, 11) is 3.71. The van der Waals surface area contributed by atoms with Crippen molar-refractivity contribution in [2.24, 2.45) is 23.7 Å². The second-order valence-electron chi connectivity index (χ2n) is 13.0. The van der Waals surface area contributed by atoms with Gasteiger partial charge in [-0.25, -0.2) is 4.79 Å². The Morgan fingerprint density at radius 1 is 1.07 bits per heavy atom. The normalized spacial score (nSPS) is 42.5. The van der Waals surface area contributed by atoms with E-state index < -0.39 is 90.3 Å². The molecule has 248 valence electrons. The Hall–Kier alpha value is -2.56. The third-order valence-electron chi connectivity index (χ3n) is 9.66. The van der Waals surface area contributed by atoms with Gasteiger partial charge >= 0.3 is 12.1 Å². The maximum Gasteiger partial charge on any atom is 0.408 e. The molecule has 3 aliphatic heterocycles. The van der Waals surface area contributed by atoms with E-state index in [1.54, 1.807) is 41.5 Å². The summed E-state index contributed by atoms with van der Waals surface area (Å²) >= 11 is 0. The van der Waals surface area contributed by atoms with E-state index in [0.29, 0.717) is 6.42 Å². The number of ether oxygens (including phenoxy) is 5. The Balaban J connectivity index is 2.08. The van der Waals surface area contributed by atoms with Crippen LogP contribution in [0, 0.1) is 36.0 Å². The van der Waals surface area contributed by atoms with Crippen molar-refractivity contribution in [2.75, 3.05) is 20.7 Å². The van der Waals surface area contributed by atoms with E-state index in [1.807, 2.05) is 25.9 Å². The summed E-state index contributed by atoms with van der Waals surface area (Å²) in [5.74, 6) is -2.11. The predicted octanol–water partition coefficient (Wildman–Crippen LogP) is 2.09. The minimum Gasteiger partial charge on any atom is -0.458 e. The standard InChI is InChI=1S/C32H50N2O10/c1-11-13-40-27-18(5)25(37)19(6)29-32(8,44-31(39)33-29)23(12-2)42-24(36)15-22(35)17(4)28(20(27)7)43-30-26(38)21(34(9)10)14-16(3)41-30/h1,16-21,23,26-30,38H,12-15H2,2-10H3,(H,33,39)/t16-,17+,18+,19-,20-,21+,23+,26-,27+,28-,29?,30+,32-/m1/s1. The zero-order valence-corrected chi connectivity index (χ0v) is 27.4. The van der Waals surface area contributed by atoms with E-state index >= 15 is 0 Å². The molecular formula is C32H50N2O10. The second-order valence-corrected chi connectivity index (χ2v) is 13.0. The summed E-state index contributed by atoms with van der Waals surface area (Å²) in [6, 6.07) is -1.09.